The number of aliphatic hydroxyl groups excluding tert-OH is 1. The van der Waals surface area contributed by atoms with Crippen LogP contribution in [-0.4, -0.2) is 22.5 Å². The molecule has 0 aromatic heterocycles. The molecule has 4 rings (SSSR count). The highest BCUT2D eigenvalue weighted by Gasteiger charge is 2.37. The van der Waals surface area contributed by atoms with Crippen molar-refractivity contribution in [1.29, 1.82) is 0 Å². The topological polar surface area (TPSA) is 40.5 Å². The highest BCUT2D eigenvalue weighted by atomic mass is 16.3. The Labute approximate surface area is 153 Å². The fourth-order valence-electron chi connectivity index (χ4n) is 3.81. The molecule has 1 amide bonds. The molecule has 2 atom stereocenters. The van der Waals surface area contributed by atoms with Gasteiger partial charge in [0, 0.05) is 6.54 Å². The Hall–Kier alpha value is -2.91. The van der Waals surface area contributed by atoms with Gasteiger partial charge in [0.15, 0.2) is 0 Å². The number of aliphatic hydroxyl groups is 1. The van der Waals surface area contributed by atoms with E-state index in [9.17, 15) is 9.90 Å². The Kier molecular flexibility index (Phi) is 4.55. The van der Waals surface area contributed by atoms with E-state index in [0.29, 0.717) is 6.54 Å². The maximum atomic E-state index is 13.5. The molecule has 3 nitrogen and oxygen atoms in total. The van der Waals surface area contributed by atoms with Gasteiger partial charge in [-0.25, -0.2) is 0 Å². The van der Waals surface area contributed by atoms with Crippen LogP contribution >= 0.6 is 0 Å². The Morgan fingerprint density at radius 3 is 2.19 bits per heavy atom. The average Bonchev–Trinajstić information content (AvgIpc) is 2.70. The Morgan fingerprint density at radius 1 is 0.885 bits per heavy atom. The van der Waals surface area contributed by atoms with E-state index in [-0.39, 0.29) is 24.5 Å². The monoisotopic (exact) mass is 343 g/mol. The molecule has 1 aliphatic heterocycles. The maximum Gasteiger partial charge on any atom is 0.235 e. The zero-order valence-electron chi connectivity index (χ0n) is 14.5. The molecule has 1 aliphatic rings. The van der Waals surface area contributed by atoms with Crippen molar-refractivity contribution in [3.63, 3.8) is 0 Å². The summed E-state index contributed by atoms with van der Waals surface area (Å²) in [5, 5.41) is 10.1. The van der Waals surface area contributed by atoms with Crippen molar-refractivity contribution in [2.24, 2.45) is 0 Å². The maximum absolute atomic E-state index is 13.5. The molecule has 0 aliphatic carbocycles. The van der Waals surface area contributed by atoms with E-state index in [2.05, 4.69) is 6.07 Å². The number of carbonyl (C=O) groups excluding carboxylic acids is 1. The van der Waals surface area contributed by atoms with Gasteiger partial charge in [-0.2, -0.15) is 0 Å². The van der Waals surface area contributed by atoms with Crippen molar-refractivity contribution in [2.45, 2.75) is 18.5 Å². The van der Waals surface area contributed by atoms with Gasteiger partial charge in [-0.3, -0.25) is 4.79 Å². The van der Waals surface area contributed by atoms with Crippen LogP contribution in [0.5, 0.6) is 0 Å². The summed E-state index contributed by atoms with van der Waals surface area (Å²) >= 11 is 0. The molecule has 0 saturated carbocycles. The summed E-state index contributed by atoms with van der Waals surface area (Å²) in [6.45, 7) is 0.415. The van der Waals surface area contributed by atoms with Gasteiger partial charge in [-0.15, -0.1) is 0 Å². The predicted octanol–water partition coefficient (Wildman–Crippen LogP) is 3.89. The van der Waals surface area contributed by atoms with Gasteiger partial charge in [0.2, 0.25) is 5.91 Å². The highest BCUT2D eigenvalue weighted by molar-refractivity contribution is 5.89. The molecule has 1 heterocycles. The second-order valence-electron chi connectivity index (χ2n) is 6.62. The van der Waals surface area contributed by atoms with Gasteiger partial charge in [0.1, 0.15) is 0 Å². The standard InChI is InChI=1S/C23H21NO2/c25-16-21(17-9-3-1-4-10-17)24-15-19-13-7-8-14-20(19)22(23(24)26)18-11-5-2-6-12-18/h1-14,21-22,25H,15-16H2/t21-,22-/m0/s1. The molecule has 0 saturated heterocycles. The molecule has 3 aromatic carbocycles. The number of hydrogen-bond donors (Lipinski definition) is 1. The lowest BCUT2D eigenvalue weighted by Gasteiger charge is -2.39. The van der Waals surface area contributed by atoms with Crippen LogP contribution in [0, 0.1) is 0 Å². The van der Waals surface area contributed by atoms with E-state index >= 15 is 0 Å². The quantitative estimate of drug-likeness (QED) is 0.781. The molecule has 1 N–H and O–H groups in total. The summed E-state index contributed by atoms with van der Waals surface area (Å²) < 4.78 is 0. The zero-order chi connectivity index (χ0) is 17.9. The smallest absolute Gasteiger partial charge is 0.235 e. The predicted molar refractivity (Wildman–Crippen MR) is 102 cm³/mol. The molecule has 3 heteroatoms. The first-order valence-electron chi connectivity index (χ1n) is 8.88. The summed E-state index contributed by atoms with van der Waals surface area (Å²) in [6.07, 6.45) is 0. The number of benzene rings is 3. The summed E-state index contributed by atoms with van der Waals surface area (Å²) in [5.74, 6) is -0.295. The molecule has 0 fully saturated rings. The molecular formula is C23H21NO2. The molecule has 0 bridgehead atoms. The van der Waals surface area contributed by atoms with E-state index in [1.807, 2.05) is 83.8 Å². The van der Waals surface area contributed by atoms with Crippen LogP contribution in [0.2, 0.25) is 0 Å². The van der Waals surface area contributed by atoms with Crippen molar-refractivity contribution < 1.29 is 9.90 Å². The minimum Gasteiger partial charge on any atom is -0.394 e. The van der Waals surface area contributed by atoms with E-state index in [1.54, 1.807) is 0 Å². The van der Waals surface area contributed by atoms with Crippen LogP contribution < -0.4 is 0 Å². The van der Waals surface area contributed by atoms with E-state index < -0.39 is 0 Å². The van der Waals surface area contributed by atoms with E-state index in [0.717, 1.165) is 22.3 Å². The minimum absolute atomic E-state index is 0.0396. The molecule has 0 radical (unpaired) electrons. The lowest BCUT2D eigenvalue weighted by atomic mass is 9.83. The first kappa shape index (κ1) is 16.6. The van der Waals surface area contributed by atoms with Gasteiger partial charge < -0.3 is 10.0 Å². The summed E-state index contributed by atoms with van der Waals surface area (Å²) in [5.41, 5.74) is 4.13. The fraction of sp³-hybridized carbons (Fsp3) is 0.174. The number of rotatable bonds is 4. The molecule has 26 heavy (non-hydrogen) atoms. The van der Waals surface area contributed by atoms with Crippen LogP contribution in [0.4, 0.5) is 0 Å². The molecule has 0 spiro atoms. The van der Waals surface area contributed by atoms with Crippen molar-refractivity contribution in [3.8, 4) is 0 Å². The Bertz CT molecular complexity index is 892. The molecule has 130 valence electrons. The van der Waals surface area contributed by atoms with Gasteiger partial charge in [-0.05, 0) is 22.3 Å². The fourth-order valence-corrected chi connectivity index (χ4v) is 3.81. The molecule has 3 aromatic rings. The number of hydrogen-bond acceptors (Lipinski definition) is 2. The second kappa shape index (κ2) is 7.14. The number of amides is 1. The van der Waals surface area contributed by atoms with Crippen molar-refractivity contribution >= 4 is 5.91 Å². The van der Waals surface area contributed by atoms with Gasteiger partial charge in [0.25, 0.3) is 0 Å². The first-order chi connectivity index (χ1) is 12.8. The minimum atomic E-state index is -0.344. The number of carbonyl (C=O) groups is 1. The van der Waals surface area contributed by atoms with Gasteiger partial charge in [-0.1, -0.05) is 84.9 Å². The number of fused-ring (bicyclic) bond motifs is 1. The van der Waals surface area contributed by atoms with Crippen molar-refractivity contribution in [3.05, 3.63) is 107 Å². The van der Waals surface area contributed by atoms with Gasteiger partial charge in [0.05, 0.1) is 18.6 Å². The first-order valence-corrected chi connectivity index (χ1v) is 8.88. The summed E-state index contributed by atoms with van der Waals surface area (Å²) in [7, 11) is 0. The normalized spacial score (nSPS) is 17.7. The van der Waals surface area contributed by atoms with Crippen molar-refractivity contribution in [1.82, 2.24) is 4.90 Å². The third kappa shape index (κ3) is 2.91. The summed E-state index contributed by atoms with van der Waals surface area (Å²) in [6, 6.07) is 27.4. The second-order valence-corrected chi connectivity index (χ2v) is 6.62. The third-order valence-corrected chi connectivity index (χ3v) is 5.10. The van der Waals surface area contributed by atoms with E-state index in [4.69, 9.17) is 0 Å². The lowest BCUT2D eigenvalue weighted by molar-refractivity contribution is -0.137. The van der Waals surface area contributed by atoms with E-state index in [1.165, 1.54) is 0 Å². The van der Waals surface area contributed by atoms with Crippen LogP contribution in [0.1, 0.15) is 34.2 Å². The molecular weight excluding hydrogens is 322 g/mol. The number of nitrogens with zero attached hydrogens (tertiary/aromatic N) is 1. The van der Waals surface area contributed by atoms with Crippen LogP contribution in [0.15, 0.2) is 84.9 Å². The Balaban J connectivity index is 1.80. The van der Waals surface area contributed by atoms with Gasteiger partial charge >= 0.3 is 0 Å². The van der Waals surface area contributed by atoms with Crippen LogP contribution in [0.3, 0.4) is 0 Å². The third-order valence-electron chi connectivity index (χ3n) is 5.10. The lowest BCUT2D eigenvalue weighted by Crippen LogP contribution is -2.43. The SMILES string of the molecule is O=C1[C@@H](c2ccccc2)c2ccccc2CN1[C@@H](CO)c1ccccc1. The highest BCUT2D eigenvalue weighted by Crippen LogP contribution is 2.38. The molecule has 0 unspecified atom stereocenters. The Morgan fingerprint density at radius 2 is 1.50 bits per heavy atom. The summed E-state index contributed by atoms with van der Waals surface area (Å²) in [4.78, 5) is 15.3. The van der Waals surface area contributed by atoms with Crippen molar-refractivity contribution in [2.75, 3.05) is 6.61 Å². The van der Waals surface area contributed by atoms with Crippen LogP contribution in [0.25, 0.3) is 0 Å². The van der Waals surface area contributed by atoms with Crippen LogP contribution in [-0.2, 0) is 11.3 Å². The average molecular weight is 343 g/mol. The zero-order valence-corrected chi connectivity index (χ0v) is 14.5. The largest absolute Gasteiger partial charge is 0.394 e.